The Labute approximate surface area is 118 Å². The van der Waals surface area contributed by atoms with Gasteiger partial charge in [-0.3, -0.25) is 0 Å². The van der Waals surface area contributed by atoms with Gasteiger partial charge in [-0.05, 0) is 18.8 Å². The monoisotopic (exact) mass is 313 g/mol. The fourth-order valence-corrected chi connectivity index (χ4v) is 3.27. The van der Waals surface area contributed by atoms with Gasteiger partial charge in [0.1, 0.15) is 11.6 Å². The Bertz CT molecular complexity index is 365. The SMILES string of the molecule is CC(C)Cn1c(CBr)nnc1C1CCCCCC1. The predicted molar refractivity (Wildman–Crippen MR) is 77.9 cm³/mol. The third-order valence-electron chi connectivity index (χ3n) is 3.74. The summed E-state index contributed by atoms with van der Waals surface area (Å²) in [5.74, 6) is 3.60. The van der Waals surface area contributed by atoms with Gasteiger partial charge >= 0.3 is 0 Å². The number of hydrogen-bond acceptors (Lipinski definition) is 2. The second kappa shape index (κ2) is 6.69. The normalized spacial score (nSPS) is 18.2. The second-order valence-corrected chi connectivity index (χ2v) is 6.36. The average Bonchev–Trinajstić information content (AvgIpc) is 2.57. The minimum atomic E-state index is 0.631. The van der Waals surface area contributed by atoms with Gasteiger partial charge in [0.2, 0.25) is 0 Å². The molecule has 1 aliphatic carbocycles. The van der Waals surface area contributed by atoms with E-state index in [0.29, 0.717) is 11.8 Å². The highest BCUT2D eigenvalue weighted by Gasteiger charge is 2.22. The molecule has 102 valence electrons. The van der Waals surface area contributed by atoms with E-state index in [2.05, 4.69) is 44.5 Å². The zero-order chi connectivity index (χ0) is 13.0. The van der Waals surface area contributed by atoms with Gasteiger partial charge in [0.25, 0.3) is 0 Å². The third kappa shape index (κ3) is 3.34. The van der Waals surface area contributed by atoms with Crippen molar-refractivity contribution in [2.24, 2.45) is 5.92 Å². The van der Waals surface area contributed by atoms with Gasteiger partial charge in [-0.25, -0.2) is 0 Å². The molecule has 0 aromatic carbocycles. The summed E-state index contributed by atoms with van der Waals surface area (Å²) < 4.78 is 2.36. The number of aromatic nitrogens is 3. The van der Waals surface area contributed by atoms with Gasteiger partial charge in [-0.2, -0.15) is 0 Å². The molecule has 0 amide bonds. The molecule has 0 saturated heterocycles. The highest BCUT2D eigenvalue weighted by Crippen LogP contribution is 2.31. The molecule has 0 bridgehead atoms. The van der Waals surface area contributed by atoms with E-state index in [9.17, 15) is 0 Å². The van der Waals surface area contributed by atoms with Crippen molar-refractivity contribution in [3.05, 3.63) is 11.6 Å². The standard InChI is InChI=1S/C14H24BrN3/c1-11(2)10-18-13(9-15)16-17-14(18)12-7-5-3-4-6-8-12/h11-12H,3-10H2,1-2H3. The first-order chi connectivity index (χ1) is 8.72. The molecule has 18 heavy (non-hydrogen) atoms. The van der Waals surface area contributed by atoms with Gasteiger partial charge in [-0.15, -0.1) is 10.2 Å². The largest absolute Gasteiger partial charge is 0.314 e. The minimum Gasteiger partial charge on any atom is -0.314 e. The third-order valence-corrected chi connectivity index (χ3v) is 4.25. The van der Waals surface area contributed by atoms with Gasteiger partial charge < -0.3 is 4.57 Å². The molecule has 1 fully saturated rings. The molecular weight excluding hydrogens is 290 g/mol. The van der Waals surface area contributed by atoms with Crippen molar-refractivity contribution in [2.75, 3.05) is 0 Å². The number of halogens is 1. The molecule has 4 heteroatoms. The van der Waals surface area contributed by atoms with Gasteiger partial charge in [0, 0.05) is 12.5 Å². The lowest BCUT2D eigenvalue weighted by atomic mass is 9.99. The Kier molecular flexibility index (Phi) is 5.22. The van der Waals surface area contributed by atoms with Crippen molar-refractivity contribution in [1.82, 2.24) is 14.8 Å². The molecule has 1 aromatic heterocycles. The number of alkyl halides is 1. The van der Waals surface area contributed by atoms with E-state index < -0.39 is 0 Å². The van der Waals surface area contributed by atoms with E-state index >= 15 is 0 Å². The molecule has 0 aliphatic heterocycles. The van der Waals surface area contributed by atoms with Crippen LogP contribution in [0.4, 0.5) is 0 Å². The zero-order valence-electron chi connectivity index (χ0n) is 11.5. The fourth-order valence-electron chi connectivity index (χ4n) is 2.85. The van der Waals surface area contributed by atoms with Crippen LogP contribution in [-0.4, -0.2) is 14.8 Å². The highest BCUT2D eigenvalue weighted by molar-refractivity contribution is 9.08. The van der Waals surface area contributed by atoms with Crippen LogP contribution < -0.4 is 0 Å². The molecule has 0 unspecified atom stereocenters. The molecule has 2 rings (SSSR count). The molecular formula is C14H24BrN3. The Hall–Kier alpha value is -0.380. The van der Waals surface area contributed by atoms with Crippen LogP contribution in [0.25, 0.3) is 0 Å². The second-order valence-electron chi connectivity index (χ2n) is 5.80. The first-order valence-electron chi connectivity index (χ1n) is 7.20. The van der Waals surface area contributed by atoms with Crippen molar-refractivity contribution in [1.29, 1.82) is 0 Å². The van der Waals surface area contributed by atoms with Crippen LogP contribution in [0, 0.1) is 5.92 Å². The summed E-state index contributed by atoms with van der Waals surface area (Å²) in [6.45, 7) is 5.56. The van der Waals surface area contributed by atoms with E-state index in [1.54, 1.807) is 0 Å². The molecule has 1 aliphatic rings. The molecule has 3 nitrogen and oxygen atoms in total. The lowest BCUT2D eigenvalue weighted by molar-refractivity contribution is 0.461. The molecule has 0 spiro atoms. The smallest absolute Gasteiger partial charge is 0.143 e. The molecule has 1 aromatic rings. The van der Waals surface area contributed by atoms with Gasteiger partial charge in [-0.1, -0.05) is 55.5 Å². The average molecular weight is 314 g/mol. The summed E-state index contributed by atoms with van der Waals surface area (Å²) in [6.07, 6.45) is 8.06. The summed E-state index contributed by atoms with van der Waals surface area (Å²) in [5, 5.41) is 9.65. The lowest BCUT2D eigenvalue weighted by Crippen LogP contribution is -2.14. The van der Waals surface area contributed by atoms with Crippen molar-refractivity contribution in [2.45, 2.75) is 70.2 Å². The Morgan fingerprint density at radius 1 is 1.17 bits per heavy atom. The van der Waals surface area contributed by atoms with E-state index in [1.165, 1.54) is 44.3 Å². The first kappa shape index (κ1) is 14.0. The molecule has 1 heterocycles. The van der Waals surface area contributed by atoms with Crippen LogP contribution >= 0.6 is 15.9 Å². The maximum absolute atomic E-state index is 4.49. The maximum Gasteiger partial charge on any atom is 0.143 e. The van der Waals surface area contributed by atoms with Crippen molar-refractivity contribution >= 4 is 15.9 Å². The summed E-state index contributed by atoms with van der Waals surface area (Å²) >= 11 is 3.53. The van der Waals surface area contributed by atoms with Crippen LogP contribution in [0.1, 0.15) is 69.9 Å². The summed E-state index contributed by atoms with van der Waals surface area (Å²) in [6, 6.07) is 0. The topological polar surface area (TPSA) is 30.7 Å². The van der Waals surface area contributed by atoms with Crippen molar-refractivity contribution < 1.29 is 0 Å². The van der Waals surface area contributed by atoms with Gasteiger partial charge in [0.05, 0.1) is 5.33 Å². The van der Waals surface area contributed by atoms with Crippen LogP contribution in [0.3, 0.4) is 0 Å². The number of nitrogens with zero attached hydrogens (tertiary/aromatic N) is 3. The predicted octanol–water partition coefficient (Wildman–Crippen LogP) is 4.27. The van der Waals surface area contributed by atoms with Crippen LogP contribution in [0.5, 0.6) is 0 Å². The summed E-state index contributed by atoms with van der Waals surface area (Å²) in [4.78, 5) is 0. The fraction of sp³-hybridized carbons (Fsp3) is 0.857. The quantitative estimate of drug-likeness (QED) is 0.614. The summed E-state index contributed by atoms with van der Waals surface area (Å²) in [5.41, 5.74) is 0. The van der Waals surface area contributed by atoms with E-state index in [1.807, 2.05) is 0 Å². The molecule has 1 saturated carbocycles. The van der Waals surface area contributed by atoms with Crippen LogP contribution in [0.2, 0.25) is 0 Å². The zero-order valence-corrected chi connectivity index (χ0v) is 13.1. The van der Waals surface area contributed by atoms with Crippen LogP contribution in [-0.2, 0) is 11.9 Å². The van der Waals surface area contributed by atoms with E-state index in [-0.39, 0.29) is 0 Å². The van der Waals surface area contributed by atoms with Crippen molar-refractivity contribution in [3.8, 4) is 0 Å². The van der Waals surface area contributed by atoms with E-state index in [0.717, 1.165) is 17.7 Å². The number of rotatable bonds is 4. The van der Waals surface area contributed by atoms with Gasteiger partial charge in [0.15, 0.2) is 0 Å². The highest BCUT2D eigenvalue weighted by atomic mass is 79.9. The molecule has 0 N–H and O–H groups in total. The van der Waals surface area contributed by atoms with Crippen LogP contribution in [0.15, 0.2) is 0 Å². The maximum atomic E-state index is 4.49. The Balaban J connectivity index is 2.22. The Morgan fingerprint density at radius 2 is 1.83 bits per heavy atom. The lowest BCUT2D eigenvalue weighted by Gasteiger charge is -2.17. The molecule has 0 atom stereocenters. The Morgan fingerprint density at radius 3 is 2.39 bits per heavy atom. The number of hydrogen-bond donors (Lipinski definition) is 0. The van der Waals surface area contributed by atoms with E-state index in [4.69, 9.17) is 0 Å². The van der Waals surface area contributed by atoms with Crippen molar-refractivity contribution in [3.63, 3.8) is 0 Å². The summed E-state index contributed by atoms with van der Waals surface area (Å²) in [7, 11) is 0. The molecule has 0 radical (unpaired) electrons. The first-order valence-corrected chi connectivity index (χ1v) is 8.32. The minimum absolute atomic E-state index is 0.631.